The lowest BCUT2D eigenvalue weighted by Crippen LogP contribution is -2.40. The zero-order chi connectivity index (χ0) is 18.1. The molecule has 0 aromatic heterocycles. The van der Waals surface area contributed by atoms with Gasteiger partial charge in [0.15, 0.2) is 0 Å². The van der Waals surface area contributed by atoms with Crippen LogP contribution in [0.1, 0.15) is 44.2 Å². The Morgan fingerprint density at radius 2 is 1.96 bits per heavy atom. The molecule has 25 heavy (non-hydrogen) atoms. The summed E-state index contributed by atoms with van der Waals surface area (Å²) in [5.41, 5.74) is 0.968. The van der Waals surface area contributed by atoms with E-state index in [-0.39, 0.29) is 24.5 Å². The second-order valence-corrected chi connectivity index (χ2v) is 5.99. The van der Waals surface area contributed by atoms with E-state index in [0.29, 0.717) is 25.7 Å². The van der Waals surface area contributed by atoms with E-state index in [9.17, 15) is 14.4 Å². The van der Waals surface area contributed by atoms with E-state index < -0.39 is 12.0 Å². The average molecular weight is 344 g/mol. The summed E-state index contributed by atoms with van der Waals surface area (Å²) in [4.78, 5) is 35.6. The number of carbonyl (C=O) groups excluding carboxylic acids is 3. The summed E-state index contributed by atoms with van der Waals surface area (Å²) in [6.45, 7) is 1.53. The fourth-order valence-electron chi connectivity index (χ4n) is 2.68. The third kappa shape index (κ3) is 6.41. The minimum absolute atomic E-state index is 0.0394. The lowest BCUT2D eigenvalue weighted by Gasteiger charge is -2.20. The molecular formula is C19H24N2O4. The number of hydrogen-bond acceptors (Lipinski definition) is 4. The first-order valence-electron chi connectivity index (χ1n) is 8.49. The largest absolute Gasteiger partial charge is 0.464 e. The molecule has 0 radical (unpaired) electrons. The molecule has 0 spiro atoms. The number of nitrogens with one attached hydrogen (secondary N) is 2. The Bertz CT molecular complexity index is 628. The molecule has 2 atom stereocenters. The van der Waals surface area contributed by atoms with Crippen molar-refractivity contribution in [3.63, 3.8) is 0 Å². The molecule has 1 aliphatic heterocycles. The molecule has 6 heteroatoms. The molecular weight excluding hydrogens is 320 g/mol. The van der Waals surface area contributed by atoms with Crippen LogP contribution in [0.5, 0.6) is 0 Å². The van der Waals surface area contributed by atoms with Gasteiger partial charge in [-0.2, -0.15) is 0 Å². The zero-order valence-corrected chi connectivity index (χ0v) is 14.4. The molecule has 0 fully saturated rings. The van der Waals surface area contributed by atoms with Crippen molar-refractivity contribution in [1.29, 1.82) is 0 Å². The van der Waals surface area contributed by atoms with Crippen LogP contribution < -0.4 is 10.6 Å². The van der Waals surface area contributed by atoms with Crippen LogP contribution in [-0.2, 0) is 19.1 Å². The van der Waals surface area contributed by atoms with E-state index in [4.69, 9.17) is 4.74 Å². The molecule has 0 aliphatic carbocycles. The maximum Gasteiger partial charge on any atom is 0.328 e. The molecule has 0 unspecified atom stereocenters. The molecule has 1 aliphatic rings. The van der Waals surface area contributed by atoms with Gasteiger partial charge in [-0.3, -0.25) is 9.59 Å². The zero-order valence-electron chi connectivity index (χ0n) is 14.4. The Hall–Kier alpha value is -2.63. The van der Waals surface area contributed by atoms with E-state index in [1.165, 1.54) is 6.92 Å². The van der Waals surface area contributed by atoms with E-state index in [2.05, 4.69) is 10.6 Å². The Morgan fingerprint density at radius 1 is 1.20 bits per heavy atom. The molecule has 1 heterocycles. The van der Waals surface area contributed by atoms with Crippen LogP contribution in [-0.4, -0.2) is 30.4 Å². The lowest BCUT2D eigenvalue weighted by atomic mass is 10.0. The van der Waals surface area contributed by atoms with Gasteiger partial charge in [0, 0.05) is 19.8 Å². The number of benzene rings is 1. The van der Waals surface area contributed by atoms with Crippen LogP contribution in [0.15, 0.2) is 42.5 Å². The van der Waals surface area contributed by atoms with E-state index >= 15 is 0 Å². The second-order valence-electron chi connectivity index (χ2n) is 5.99. The van der Waals surface area contributed by atoms with Gasteiger partial charge in [0.2, 0.25) is 11.8 Å². The summed E-state index contributed by atoms with van der Waals surface area (Å²) in [5.74, 6) is -0.779. The molecule has 0 saturated heterocycles. The van der Waals surface area contributed by atoms with Crippen LogP contribution in [0.3, 0.4) is 0 Å². The fourth-order valence-corrected chi connectivity index (χ4v) is 2.68. The molecule has 1 aromatic rings. The van der Waals surface area contributed by atoms with Crippen molar-refractivity contribution < 1.29 is 19.1 Å². The van der Waals surface area contributed by atoms with Crippen LogP contribution in [0.4, 0.5) is 0 Å². The Balaban J connectivity index is 2.10. The SMILES string of the molecule is CC(=O)N[C@@H]1C/C=C\CCC(=O)N[C@H](c2ccccc2)CCOC1=O. The maximum absolute atomic E-state index is 12.2. The minimum atomic E-state index is -0.701. The van der Waals surface area contributed by atoms with Crippen molar-refractivity contribution >= 4 is 17.8 Å². The first-order valence-corrected chi connectivity index (χ1v) is 8.49. The van der Waals surface area contributed by atoms with Crippen molar-refractivity contribution in [1.82, 2.24) is 10.6 Å². The summed E-state index contributed by atoms with van der Waals surface area (Å²) in [7, 11) is 0. The molecule has 2 amide bonds. The highest BCUT2D eigenvalue weighted by Crippen LogP contribution is 2.17. The predicted octanol–water partition coefficient (Wildman–Crippen LogP) is 2.02. The Morgan fingerprint density at radius 3 is 2.68 bits per heavy atom. The first kappa shape index (κ1) is 18.7. The number of hydrogen-bond donors (Lipinski definition) is 2. The van der Waals surface area contributed by atoms with Gasteiger partial charge in [-0.1, -0.05) is 42.5 Å². The van der Waals surface area contributed by atoms with E-state index in [1.54, 1.807) is 6.08 Å². The molecule has 0 bridgehead atoms. The Labute approximate surface area is 147 Å². The van der Waals surface area contributed by atoms with Gasteiger partial charge in [0.1, 0.15) is 6.04 Å². The summed E-state index contributed by atoms with van der Waals surface area (Å²) in [6, 6.07) is 8.68. The van der Waals surface area contributed by atoms with Crippen LogP contribution in [0, 0.1) is 0 Å². The van der Waals surface area contributed by atoms with Gasteiger partial charge in [0.05, 0.1) is 12.6 Å². The maximum atomic E-state index is 12.2. The number of rotatable bonds is 2. The summed E-state index contributed by atoms with van der Waals surface area (Å²) in [6.07, 6.45) is 5.41. The highest BCUT2D eigenvalue weighted by atomic mass is 16.5. The number of ether oxygens (including phenoxy) is 1. The van der Waals surface area contributed by atoms with Gasteiger partial charge in [-0.05, 0) is 18.4 Å². The van der Waals surface area contributed by atoms with Crippen molar-refractivity contribution in [2.24, 2.45) is 0 Å². The second kappa shape index (κ2) is 9.61. The van der Waals surface area contributed by atoms with Crippen LogP contribution in [0.2, 0.25) is 0 Å². The van der Waals surface area contributed by atoms with Gasteiger partial charge in [0.25, 0.3) is 0 Å². The highest BCUT2D eigenvalue weighted by Gasteiger charge is 2.21. The van der Waals surface area contributed by atoms with E-state index in [1.807, 2.05) is 36.4 Å². The normalized spacial score (nSPS) is 23.9. The topological polar surface area (TPSA) is 84.5 Å². The summed E-state index contributed by atoms with van der Waals surface area (Å²) in [5, 5.41) is 5.60. The minimum Gasteiger partial charge on any atom is -0.464 e. The average Bonchev–Trinajstić information content (AvgIpc) is 2.60. The molecule has 0 saturated carbocycles. The molecule has 2 N–H and O–H groups in total. The molecule has 6 nitrogen and oxygen atoms in total. The monoisotopic (exact) mass is 344 g/mol. The van der Waals surface area contributed by atoms with E-state index in [0.717, 1.165) is 5.56 Å². The number of cyclic esters (lactones) is 1. The van der Waals surface area contributed by atoms with Crippen molar-refractivity contribution in [3.8, 4) is 0 Å². The smallest absolute Gasteiger partial charge is 0.328 e. The number of amides is 2. The summed E-state index contributed by atoms with van der Waals surface area (Å²) >= 11 is 0. The molecule has 2 rings (SSSR count). The quantitative estimate of drug-likeness (QED) is 0.635. The van der Waals surface area contributed by atoms with Crippen molar-refractivity contribution in [2.45, 2.75) is 44.7 Å². The van der Waals surface area contributed by atoms with Gasteiger partial charge in [-0.15, -0.1) is 0 Å². The number of allylic oxidation sites excluding steroid dienone is 1. The third-order valence-electron chi connectivity index (χ3n) is 3.93. The fraction of sp³-hybridized carbons (Fsp3) is 0.421. The summed E-state index contributed by atoms with van der Waals surface area (Å²) < 4.78 is 5.32. The van der Waals surface area contributed by atoms with Gasteiger partial charge >= 0.3 is 5.97 Å². The lowest BCUT2D eigenvalue weighted by molar-refractivity contribution is -0.147. The molecule has 1 aromatic carbocycles. The first-order chi connectivity index (χ1) is 12.1. The van der Waals surface area contributed by atoms with Crippen molar-refractivity contribution in [2.75, 3.05) is 6.61 Å². The number of esters is 1. The Kier molecular flexibility index (Phi) is 7.19. The predicted molar refractivity (Wildman–Crippen MR) is 93.5 cm³/mol. The van der Waals surface area contributed by atoms with Crippen LogP contribution in [0.25, 0.3) is 0 Å². The van der Waals surface area contributed by atoms with Gasteiger partial charge < -0.3 is 15.4 Å². The standard InChI is InChI=1S/C19H24N2O4/c1-14(22)20-17-10-6-3-7-11-18(23)21-16(12-13-25-19(17)24)15-8-4-2-5-9-15/h2-6,8-9,16-17H,7,10-13H2,1H3,(H,20,22)(H,21,23)/b6-3-/t16-,17+/m0/s1. The third-order valence-corrected chi connectivity index (χ3v) is 3.93. The van der Waals surface area contributed by atoms with Crippen molar-refractivity contribution in [3.05, 3.63) is 48.0 Å². The molecule has 134 valence electrons. The van der Waals surface area contributed by atoms with Gasteiger partial charge in [-0.25, -0.2) is 4.79 Å². The highest BCUT2D eigenvalue weighted by molar-refractivity contribution is 5.83. The van der Waals surface area contributed by atoms with Crippen LogP contribution >= 0.6 is 0 Å². The number of carbonyl (C=O) groups is 3.